The number of hydrogen-bond donors (Lipinski definition) is 1. The molecule has 0 aliphatic heterocycles. The Bertz CT molecular complexity index is 377. The minimum absolute atomic E-state index is 0.00532. The average Bonchev–Trinajstić information content (AvgIpc) is 2.17. The fraction of sp³-hybridized carbons (Fsp3) is 0.222. The van der Waals surface area contributed by atoms with Gasteiger partial charge in [0.1, 0.15) is 5.82 Å². The summed E-state index contributed by atoms with van der Waals surface area (Å²) in [6, 6.07) is 1.82. The Labute approximate surface area is 79.6 Å². The largest absolute Gasteiger partial charge is 0.494 e. The van der Waals surface area contributed by atoms with Crippen LogP contribution in [0.25, 0.3) is 0 Å². The smallest absolute Gasteiger partial charge is 0.168 e. The van der Waals surface area contributed by atoms with Gasteiger partial charge >= 0.3 is 0 Å². The van der Waals surface area contributed by atoms with E-state index in [0.29, 0.717) is 6.07 Å². The summed E-state index contributed by atoms with van der Waals surface area (Å²) in [7, 11) is 1.27. The van der Waals surface area contributed by atoms with Gasteiger partial charge in [0.25, 0.3) is 0 Å². The molecular weight excluding hydrogens is 192 g/mol. The van der Waals surface area contributed by atoms with Crippen molar-refractivity contribution in [1.82, 2.24) is 0 Å². The van der Waals surface area contributed by atoms with Crippen LogP contribution in [0.3, 0.4) is 0 Å². The Hall–Kier alpha value is -1.65. The van der Waals surface area contributed by atoms with Gasteiger partial charge in [-0.15, -0.1) is 0 Å². The molecule has 1 N–H and O–H groups in total. The van der Waals surface area contributed by atoms with E-state index >= 15 is 0 Å². The van der Waals surface area contributed by atoms with Crippen LogP contribution >= 0.6 is 0 Å². The van der Waals surface area contributed by atoms with Gasteiger partial charge in [-0.1, -0.05) is 5.16 Å². The first-order valence-corrected chi connectivity index (χ1v) is 3.82. The van der Waals surface area contributed by atoms with Crippen molar-refractivity contribution < 1.29 is 18.7 Å². The zero-order valence-corrected chi connectivity index (χ0v) is 7.71. The molecule has 0 spiro atoms. The first-order valence-electron chi connectivity index (χ1n) is 3.82. The van der Waals surface area contributed by atoms with Crippen LogP contribution in [-0.2, 0) is 0 Å². The molecule has 1 aromatic carbocycles. The highest BCUT2D eigenvalue weighted by molar-refractivity contribution is 5.98. The van der Waals surface area contributed by atoms with Crippen LogP contribution in [0.4, 0.5) is 8.78 Å². The van der Waals surface area contributed by atoms with Crippen molar-refractivity contribution in [2.75, 3.05) is 7.11 Å². The third-order valence-corrected chi connectivity index (χ3v) is 1.78. The Morgan fingerprint density at radius 2 is 2.00 bits per heavy atom. The van der Waals surface area contributed by atoms with E-state index in [2.05, 4.69) is 9.89 Å². The summed E-state index contributed by atoms with van der Waals surface area (Å²) in [5, 5.41) is 11.3. The molecule has 0 fully saturated rings. The Balaban J connectivity index is 3.31. The van der Waals surface area contributed by atoms with E-state index in [9.17, 15) is 8.78 Å². The van der Waals surface area contributed by atoms with Crippen LogP contribution in [-0.4, -0.2) is 18.0 Å². The van der Waals surface area contributed by atoms with Crippen LogP contribution in [0.2, 0.25) is 0 Å². The van der Waals surface area contributed by atoms with E-state index in [4.69, 9.17) is 5.21 Å². The van der Waals surface area contributed by atoms with Crippen molar-refractivity contribution in [3.05, 3.63) is 29.3 Å². The summed E-state index contributed by atoms with van der Waals surface area (Å²) in [5.74, 6) is -1.68. The maximum atomic E-state index is 13.1. The number of ether oxygens (including phenoxy) is 1. The summed E-state index contributed by atoms with van der Waals surface area (Å²) in [5.41, 5.74) is 0.0616. The molecule has 1 aromatic rings. The monoisotopic (exact) mass is 201 g/mol. The second-order valence-electron chi connectivity index (χ2n) is 2.65. The van der Waals surface area contributed by atoms with Crippen molar-refractivity contribution in [3.63, 3.8) is 0 Å². The van der Waals surface area contributed by atoms with Crippen LogP contribution in [0.1, 0.15) is 12.5 Å². The molecule has 0 saturated carbocycles. The summed E-state index contributed by atoms with van der Waals surface area (Å²) < 4.78 is 30.7. The molecule has 14 heavy (non-hydrogen) atoms. The molecule has 76 valence electrons. The van der Waals surface area contributed by atoms with Gasteiger partial charge in [-0.25, -0.2) is 8.78 Å². The maximum absolute atomic E-state index is 13.1. The SMILES string of the molecule is COc1cc(/C(C)=N/O)c(F)cc1F. The van der Waals surface area contributed by atoms with E-state index in [0.717, 1.165) is 6.07 Å². The standard InChI is InChI=1S/C9H9F2NO2/c1-5(12-13)6-3-9(14-2)8(11)4-7(6)10/h3-4,13H,1-2H3/b12-5+. The molecule has 0 aliphatic carbocycles. The van der Waals surface area contributed by atoms with Crippen LogP contribution < -0.4 is 4.74 Å². The Morgan fingerprint density at radius 3 is 2.50 bits per heavy atom. The number of benzene rings is 1. The molecule has 0 bridgehead atoms. The van der Waals surface area contributed by atoms with Crippen LogP contribution in [0, 0.1) is 11.6 Å². The Morgan fingerprint density at radius 1 is 1.36 bits per heavy atom. The topological polar surface area (TPSA) is 41.8 Å². The molecule has 5 heteroatoms. The summed E-state index contributed by atoms with van der Waals surface area (Å²) in [6.07, 6.45) is 0. The highest BCUT2D eigenvalue weighted by atomic mass is 19.1. The molecule has 0 radical (unpaired) electrons. The lowest BCUT2D eigenvalue weighted by atomic mass is 10.1. The molecule has 0 atom stereocenters. The van der Waals surface area contributed by atoms with Crippen LogP contribution in [0.5, 0.6) is 5.75 Å². The minimum atomic E-state index is -0.793. The van der Waals surface area contributed by atoms with Gasteiger partial charge in [0, 0.05) is 11.6 Å². The van der Waals surface area contributed by atoms with Crippen LogP contribution in [0.15, 0.2) is 17.3 Å². The second-order valence-corrected chi connectivity index (χ2v) is 2.65. The van der Waals surface area contributed by atoms with Crippen molar-refractivity contribution in [2.24, 2.45) is 5.16 Å². The summed E-state index contributed by atoms with van der Waals surface area (Å²) in [6.45, 7) is 1.40. The fourth-order valence-electron chi connectivity index (χ4n) is 1.02. The summed E-state index contributed by atoms with van der Waals surface area (Å²) in [4.78, 5) is 0. The zero-order chi connectivity index (χ0) is 10.7. The van der Waals surface area contributed by atoms with Gasteiger partial charge in [0.05, 0.1) is 12.8 Å². The molecular formula is C9H9F2NO2. The predicted octanol–water partition coefficient (Wildman–Crippen LogP) is 2.17. The fourth-order valence-corrected chi connectivity index (χ4v) is 1.02. The van der Waals surface area contributed by atoms with Gasteiger partial charge in [-0.3, -0.25) is 0 Å². The van der Waals surface area contributed by atoms with Crippen molar-refractivity contribution in [3.8, 4) is 5.75 Å². The molecule has 0 amide bonds. The van der Waals surface area contributed by atoms with Gasteiger partial charge in [-0.2, -0.15) is 0 Å². The molecule has 0 aliphatic rings. The van der Waals surface area contributed by atoms with Crippen molar-refractivity contribution in [1.29, 1.82) is 0 Å². The number of oxime groups is 1. The third kappa shape index (κ3) is 1.81. The molecule has 3 nitrogen and oxygen atoms in total. The highest BCUT2D eigenvalue weighted by Gasteiger charge is 2.12. The van der Waals surface area contributed by atoms with E-state index in [1.807, 2.05) is 0 Å². The Kier molecular flexibility index (Phi) is 3.01. The van der Waals surface area contributed by atoms with Crippen molar-refractivity contribution >= 4 is 5.71 Å². The third-order valence-electron chi connectivity index (χ3n) is 1.78. The quantitative estimate of drug-likeness (QED) is 0.452. The van der Waals surface area contributed by atoms with Gasteiger partial charge in [0.15, 0.2) is 11.6 Å². The maximum Gasteiger partial charge on any atom is 0.168 e. The zero-order valence-electron chi connectivity index (χ0n) is 7.71. The molecule has 0 unspecified atom stereocenters. The lowest BCUT2D eigenvalue weighted by Gasteiger charge is -2.05. The van der Waals surface area contributed by atoms with Gasteiger partial charge in [0.2, 0.25) is 0 Å². The van der Waals surface area contributed by atoms with E-state index in [1.165, 1.54) is 14.0 Å². The normalized spacial score (nSPS) is 11.6. The van der Waals surface area contributed by atoms with E-state index in [1.54, 1.807) is 0 Å². The average molecular weight is 201 g/mol. The number of methoxy groups -OCH3 is 1. The minimum Gasteiger partial charge on any atom is -0.494 e. The van der Waals surface area contributed by atoms with E-state index in [-0.39, 0.29) is 17.0 Å². The lowest BCUT2D eigenvalue weighted by Crippen LogP contribution is -2.01. The van der Waals surface area contributed by atoms with Crippen molar-refractivity contribution in [2.45, 2.75) is 6.92 Å². The second kappa shape index (κ2) is 4.04. The summed E-state index contributed by atoms with van der Waals surface area (Å²) >= 11 is 0. The molecule has 0 saturated heterocycles. The number of halogens is 2. The predicted molar refractivity (Wildman–Crippen MR) is 46.9 cm³/mol. The molecule has 0 heterocycles. The van der Waals surface area contributed by atoms with Gasteiger partial charge < -0.3 is 9.94 Å². The first kappa shape index (κ1) is 10.4. The molecule has 1 rings (SSSR count). The number of nitrogens with zero attached hydrogens (tertiary/aromatic N) is 1. The highest BCUT2D eigenvalue weighted by Crippen LogP contribution is 2.21. The van der Waals surface area contributed by atoms with E-state index < -0.39 is 11.6 Å². The molecule has 0 aromatic heterocycles. The first-order chi connectivity index (χ1) is 6.60. The number of rotatable bonds is 2. The van der Waals surface area contributed by atoms with Gasteiger partial charge in [-0.05, 0) is 13.0 Å². The number of hydrogen-bond acceptors (Lipinski definition) is 3. The lowest BCUT2D eigenvalue weighted by molar-refractivity contribution is 0.318.